The average Bonchev–Trinajstić information content (AvgIpc) is 2.68. The number of halogens is 4. The summed E-state index contributed by atoms with van der Waals surface area (Å²) in [4.78, 5) is 0. The Morgan fingerprint density at radius 3 is 2.14 bits per heavy atom. The van der Waals surface area contributed by atoms with Crippen molar-refractivity contribution in [3.63, 3.8) is 0 Å². The molecule has 0 aromatic heterocycles. The highest BCUT2D eigenvalue weighted by Crippen LogP contribution is 2.36. The minimum atomic E-state index is -0.840. The Kier molecular flexibility index (Phi) is 6.78. The molecule has 2 aromatic carbocycles. The van der Waals surface area contributed by atoms with Crippen molar-refractivity contribution in [3.8, 4) is 11.8 Å². The molecule has 0 unspecified atom stereocenters. The zero-order valence-electron chi connectivity index (χ0n) is 16.0. The van der Waals surface area contributed by atoms with Crippen LogP contribution in [0.15, 0.2) is 30.3 Å². The van der Waals surface area contributed by atoms with Gasteiger partial charge in [-0.05, 0) is 79.8 Å². The number of hydrogen-bond acceptors (Lipinski definition) is 0. The van der Waals surface area contributed by atoms with E-state index in [2.05, 4.69) is 11.8 Å². The molecule has 1 aliphatic rings. The largest absolute Gasteiger partial charge is 0.206 e. The van der Waals surface area contributed by atoms with Crippen LogP contribution >= 0.6 is 0 Å². The Bertz CT molecular complexity index is 860. The molecule has 0 atom stereocenters. The van der Waals surface area contributed by atoms with Crippen LogP contribution in [0.25, 0.3) is 0 Å². The van der Waals surface area contributed by atoms with Crippen molar-refractivity contribution in [2.45, 2.75) is 57.8 Å². The average molecular weight is 388 g/mol. The van der Waals surface area contributed by atoms with Gasteiger partial charge in [-0.3, -0.25) is 0 Å². The van der Waals surface area contributed by atoms with Crippen LogP contribution in [0.3, 0.4) is 0 Å². The molecule has 0 bridgehead atoms. The van der Waals surface area contributed by atoms with Crippen molar-refractivity contribution < 1.29 is 17.6 Å². The molecular weight excluding hydrogens is 364 g/mol. The maximum atomic E-state index is 14.2. The maximum Gasteiger partial charge on any atom is 0.159 e. The molecule has 1 aliphatic carbocycles. The lowest BCUT2D eigenvalue weighted by molar-refractivity contribution is 0.383. The second-order valence-corrected chi connectivity index (χ2v) is 7.53. The molecule has 1 saturated carbocycles. The minimum Gasteiger partial charge on any atom is -0.206 e. The summed E-state index contributed by atoms with van der Waals surface area (Å²) in [6, 6.07) is 6.80. The van der Waals surface area contributed by atoms with Crippen LogP contribution < -0.4 is 0 Å². The van der Waals surface area contributed by atoms with Crippen LogP contribution in [-0.4, -0.2) is 0 Å². The Labute approximate surface area is 164 Å². The van der Waals surface area contributed by atoms with Crippen molar-refractivity contribution in [2.75, 3.05) is 0 Å². The molecule has 3 rings (SSSR count). The molecular formula is C24H24F4. The number of aryl methyl sites for hydroxylation is 1. The van der Waals surface area contributed by atoms with E-state index >= 15 is 0 Å². The first-order valence-corrected chi connectivity index (χ1v) is 9.92. The Hall–Kier alpha value is -2.28. The Morgan fingerprint density at radius 1 is 0.857 bits per heavy atom. The lowest BCUT2D eigenvalue weighted by Crippen LogP contribution is -2.12. The third kappa shape index (κ3) is 4.95. The van der Waals surface area contributed by atoms with Gasteiger partial charge in [-0.1, -0.05) is 31.3 Å². The summed E-state index contributed by atoms with van der Waals surface area (Å²) in [6.45, 7) is 2.04. The fourth-order valence-electron chi connectivity index (χ4n) is 3.78. The van der Waals surface area contributed by atoms with E-state index in [1.54, 1.807) is 6.07 Å². The Morgan fingerprint density at radius 2 is 1.54 bits per heavy atom. The molecule has 4 heteroatoms. The van der Waals surface area contributed by atoms with Gasteiger partial charge in [-0.25, -0.2) is 17.6 Å². The van der Waals surface area contributed by atoms with Gasteiger partial charge < -0.3 is 0 Å². The standard InChI is InChI=1S/C24H24F4/c1-2-3-4-17-13-22(26)20(23(27)14-17)11-7-16-5-8-18(9-6-16)19-10-12-21(25)24(28)15-19/h10,12-16,18H,2-6,8-9H2,1H3/t16-,18-. The second kappa shape index (κ2) is 9.28. The molecule has 0 aliphatic heterocycles. The molecule has 0 nitrogen and oxygen atoms in total. The van der Waals surface area contributed by atoms with Crippen LogP contribution in [0, 0.1) is 41.0 Å². The van der Waals surface area contributed by atoms with Crippen molar-refractivity contribution in [1.82, 2.24) is 0 Å². The summed E-state index contributed by atoms with van der Waals surface area (Å²) in [5.74, 6) is 3.06. The van der Waals surface area contributed by atoms with Crippen LogP contribution in [0.4, 0.5) is 17.6 Å². The van der Waals surface area contributed by atoms with E-state index in [1.807, 2.05) is 6.92 Å². The molecule has 0 heterocycles. The Balaban J connectivity index is 1.64. The van der Waals surface area contributed by atoms with E-state index in [4.69, 9.17) is 0 Å². The molecule has 0 N–H and O–H groups in total. The smallest absolute Gasteiger partial charge is 0.159 e. The highest BCUT2D eigenvalue weighted by atomic mass is 19.2. The van der Waals surface area contributed by atoms with Gasteiger partial charge in [0, 0.05) is 5.92 Å². The minimum absolute atomic E-state index is 0.0557. The van der Waals surface area contributed by atoms with Gasteiger partial charge in [0.2, 0.25) is 0 Å². The molecule has 148 valence electrons. The normalized spacial score (nSPS) is 19.2. The lowest BCUT2D eigenvalue weighted by Gasteiger charge is -2.26. The molecule has 28 heavy (non-hydrogen) atoms. The van der Waals surface area contributed by atoms with Gasteiger partial charge in [0.1, 0.15) is 11.6 Å². The van der Waals surface area contributed by atoms with Crippen molar-refractivity contribution in [2.24, 2.45) is 5.92 Å². The van der Waals surface area contributed by atoms with E-state index < -0.39 is 23.3 Å². The summed E-state index contributed by atoms with van der Waals surface area (Å²) >= 11 is 0. The molecule has 0 radical (unpaired) electrons. The van der Waals surface area contributed by atoms with E-state index in [0.29, 0.717) is 12.0 Å². The van der Waals surface area contributed by atoms with Crippen molar-refractivity contribution in [3.05, 3.63) is 70.3 Å². The second-order valence-electron chi connectivity index (χ2n) is 7.53. The van der Waals surface area contributed by atoms with Crippen LogP contribution in [0.5, 0.6) is 0 Å². The first kappa shape index (κ1) is 20.5. The summed E-state index contributed by atoms with van der Waals surface area (Å²) in [5.41, 5.74) is 1.29. The highest BCUT2D eigenvalue weighted by molar-refractivity contribution is 5.39. The third-order valence-corrected chi connectivity index (χ3v) is 5.46. The zero-order chi connectivity index (χ0) is 20.1. The van der Waals surface area contributed by atoms with Crippen molar-refractivity contribution in [1.29, 1.82) is 0 Å². The number of unbranched alkanes of at least 4 members (excludes halogenated alkanes) is 1. The molecule has 0 amide bonds. The summed E-state index contributed by atoms with van der Waals surface area (Å²) in [7, 11) is 0. The number of rotatable bonds is 4. The van der Waals surface area contributed by atoms with Gasteiger partial charge in [-0.15, -0.1) is 0 Å². The molecule has 2 aromatic rings. The predicted molar refractivity (Wildman–Crippen MR) is 103 cm³/mol. The maximum absolute atomic E-state index is 14.2. The van der Waals surface area contributed by atoms with E-state index in [1.165, 1.54) is 18.2 Å². The highest BCUT2D eigenvalue weighted by Gasteiger charge is 2.22. The fraction of sp³-hybridized carbons (Fsp3) is 0.417. The first-order chi connectivity index (χ1) is 13.5. The first-order valence-electron chi connectivity index (χ1n) is 9.92. The van der Waals surface area contributed by atoms with Gasteiger partial charge in [0.15, 0.2) is 11.6 Å². The van der Waals surface area contributed by atoms with Crippen LogP contribution in [0.2, 0.25) is 0 Å². The molecule has 0 saturated heterocycles. The van der Waals surface area contributed by atoms with Crippen LogP contribution in [0.1, 0.15) is 68.1 Å². The monoisotopic (exact) mass is 388 g/mol. The summed E-state index contributed by atoms with van der Waals surface area (Å²) in [5, 5.41) is 0. The van der Waals surface area contributed by atoms with E-state index in [-0.39, 0.29) is 17.4 Å². The van der Waals surface area contributed by atoms with Gasteiger partial charge in [0.25, 0.3) is 0 Å². The van der Waals surface area contributed by atoms with E-state index in [9.17, 15) is 17.6 Å². The molecule has 1 fully saturated rings. The summed E-state index contributed by atoms with van der Waals surface area (Å²) in [6.07, 6.45) is 5.66. The fourth-order valence-corrected chi connectivity index (χ4v) is 3.78. The molecule has 0 spiro atoms. The number of benzene rings is 2. The topological polar surface area (TPSA) is 0 Å². The lowest BCUT2D eigenvalue weighted by atomic mass is 9.79. The van der Waals surface area contributed by atoms with Gasteiger partial charge >= 0.3 is 0 Å². The van der Waals surface area contributed by atoms with Gasteiger partial charge in [-0.2, -0.15) is 0 Å². The third-order valence-electron chi connectivity index (χ3n) is 5.46. The zero-order valence-corrected chi connectivity index (χ0v) is 16.0. The van der Waals surface area contributed by atoms with E-state index in [0.717, 1.165) is 50.2 Å². The number of hydrogen-bond donors (Lipinski definition) is 0. The predicted octanol–water partition coefficient (Wildman–Crippen LogP) is 6.91. The van der Waals surface area contributed by atoms with Crippen molar-refractivity contribution >= 4 is 0 Å². The quantitative estimate of drug-likeness (QED) is 0.394. The van der Waals surface area contributed by atoms with Crippen LogP contribution in [-0.2, 0) is 6.42 Å². The van der Waals surface area contributed by atoms with Gasteiger partial charge in [0.05, 0.1) is 5.56 Å². The summed E-state index contributed by atoms with van der Waals surface area (Å²) < 4.78 is 55.0. The SMILES string of the molecule is CCCCc1cc(F)c(C#C[C@H]2CC[C@H](c3ccc(F)c(F)c3)CC2)c(F)c1.